The van der Waals surface area contributed by atoms with Gasteiger partial charge in [-0.1, -0.05) is 18.2 Å². The Labute approximate surface area is 123 Å². The van der Waals surface area contributed by atoms with Gasteiger partial charge in [0.25, 0.3) is 0 Å². The van der Waals surface area contributed by atoms with Crippen LogP contribution in [0.2, 0.25) is 0 Å². The van der Waals surface area contributed by atoms with Gasteiger partial charge in [0.2, 0.25) is 0 Å². The molecule has 0 saturated carbocycles. The third-order valence-electron chi connectivity index (χ3n) is 2.90. The number of para-hydroxylation sites is 1. The van der Waals surface area contributed by atoms with E-state index in [9.17, 15) is 9.59 Å². The molecule has 0 fully saturated rings. The molecular formula is C17H16O4. The van der Waals surface area contributed by atoms with E-state index in [0.29, 0.717) is 28.2 Å². The lowest BCUT2D eigenvalue weighted by Gasteiger charge is -2.11. The molecule has 0 amide bonds. The van der Waals surface area contributed by atoms with Gasteiger partial charge in [0.15, 0.2) is 0 Å². The maximum absolute atomic E-state index is 12.1. The van der Waals surface area contributed by atoms with E-state index in [0.717, 1.165) is 0 Å². The summed E-state index contributed by atoms with van der Waals surface area (Å²) in [7, 11) is 0. The van der Waals surface area contributed by atoms with Gasteiger partial charge in [-0.05, 0) is 49.2 Å². The minimum Gasteiger partial charge on any atom is -0.426 e. The molecule has 2 aromatic carbocycles. The summed E-state index contributed by atoms with van der Waals surface area (Å²) in [6.07, 6.45) is 0. The van der Waals surface area contributed by atoms with Crippen molar-refractivity contribution < 1.29 is 19.1 Å². The van der Waals surface area contributed by atoms with Crippen LogP contribution in [-0.4, -0.2) is 11.9 Å². The molecule has 4 nitrogen and oxygen atoms in total. The number of ether oxygens (including phenoxy) is 2. The molecule has 0 N–H and O–H groups in total. The minimum atomic E-state index is -0.443. The summed E-state index contributed by atoms with van der Waals surface area (Å²) in [5.41, 5.74) is 1.85. The number of benzene rings is 2. The molecule has 0 bridgehead atoms. The maximum atomic E-state index is 12.1. The smallest absolute Gasteiger partial charge is 0.343 e. The molecule has 2 rings (SSSR count). The monoisotopic (exact) mass is 284 g/mol. The highest BCUT2D eigenvalue weighted by Gasteiger charge is 2.14. The largest absolute Gasteiger partial charge is 0.426 e. The molecule has 0 unspecified atom stereocenters. The van der Waals surface area contributed by atoms with Crippen LogP contribution in [0.3, 0.4) is 0 Å². The van der Waals surface area contributed by atoms with E-state index in [4.69, 9.17) is 9.47 Å². The van der Waals surface area contributed by atoms with Crippen LogP contribution in [0.25, 0.3) is 0 Å². The molecule has 0 radical (unpaired) electrons. The highest BCUT2D eigenvalue weighted by atomic mass is 16.5. The first-order chi connectivity index (χ1) is 9.97. The average molecular weight is 284 g/mol. The van der Waals surface area contributed by atoms with Gasteiger partial charge in [0.1, 0.15) is 11.5 Å². The predicted molar refractivity (Wildman–Crippen MR) is 78.6 cm³/mol. The van der Waals surface area contributed by atoms with E-state index in [1.165, 1.54) is 6.92 Å². The van der Waals surface area contributed by atoms with E-state index in [-0.39, 0.29) is 5.97 Å². The van der Waals surface area contributed by atoms with Crippen molar-refractivity contribution in [3.8, 4) is 11.5 Å². The van der Waals surface area contributed by atoms with Gasteiger partial charge >= 0.3 is 11.9 Å². The Kier molecular flexibility index (Phi) is 4.38. The van der Waals surface area contributed by atoms with Crippen molar-refractivity contribution >= 4 is 11.9 Å². The summed E-state index contributed by atoms with van der Waals surface area (Å²) in [6.45, 7) is 4.91. The average Bonchev–Trinajstić information content (AvgIpc) is 2.43. The Morgan fingerprint density at radius 1 is 0.905 bits per heavy atom. The second-order valence-corrected chi connectivity index (χ2v) is 4.74. The lowest BCUT2D eigenvalue weighted by molar-refractivity contribution is -0.131. The van der Waals surface area contributed by atoms with E-state index in [2.05, 4.69) is 0 Å². The molecule has 0 spiro atoms. The van der Waals surface area contributed by atoms with Crippen LogP contribution in [0.5, 0.6) is 11.5 Å². The zero-order valence-electron chi connectivity index (χ0n) is 12.2. The Hall–Kier alpha value is -2.62. The lowest BCUT2D eigenvalue weighted by Crippen LogP contribution is -2.11. The summed E-state index contributed by atoms with van der Waals surface area (Å²) in [6, 6.07) is 12.2. The first-order valence-corrected chi connectivity index (χ1v) is 6.54. The third kappa shape index (κ3) is 3.69. The number of carbonyl (C=O) groups excluding carboxylic acids is 2. The van der Waals surface area contributed by atoms with E-state index in [1.807, 2.05) is 6.07 Å². The fourth-order valence-electron chi connectivity index (χ4n) is 2.03. The zero-order chi connectivity index (χ0) is 15.4. The van der Waals surface area contributed by atoms with Crippen LogP contribution >= 0.6 is 0 Å². The molecule has 0 aliphatic heterocycles. The number of carbonyl (C=O) groups is 2. The van der Waals surface area contributed by atoms with Crippen LogP contribution in [0, 0.1) is 13.8 Å². The number of hydrogen-bond donors (Lipinski definition) is 0. The Morgan fingerprint density at radius 2 is 1.48 bits per heavy atom. The van der Waals surface area contributed by atoms with E-state index >= 15 is 0 Å². The molecular weight excluding hydrogens is 268 g/mol. The quantitative estimate of drug-likeness (QED) is 0.640. The van der Waals surface area contributed by atoms with Gasteiger partial charge in [-0.15, -0.1) is 0 Å². The molecule has 2 aromatic rings. The molecule has 4 heteroatoms. The molecule has 0 aliphatic rings. The highest BCUT2D eigenvalue weighted by molar-refractivity contribution is 5.92. The van der Waals surface area contributed by atoms with Crippen molar-refractivity contribution in [1.29, 1.82) is 0 Å². The van der Waals surface area contributed by atoms with Crippen LogP contribution in [-0.2, 0) is 4.79 Å². The minimum absolute atomic E-state index is 0.388. The van der Waals surface area contributed by atoms with Crippen LogP contribution in [0.4, 0.5) is 0 Å². The van der Waals surface area contributed by atoms with Crippen LogP contribution < -0.4 is 9.47 Å². The molecule has 21 heavy (non-hydrogen) atoms. The zero-order valence-corrected chi connectivity index (χ0v) is 12.2. The lowest BCUT2D eigenvalue weighted by atomic mass is 10.1. The number of hydrogen-bond acceptors (Lipinski definition) is 4. The van der Waals surface area contributed by atoms with Gasteiger partial charge in [-0.25, -0.2) is 4.79 Å². The van der Waals surface area contributed by atoms with Crippen LogP contribution in [0.1, 0.15) is 28.4 Å². The normalized spacial score (nSPS) is 10.0. The molecule has 0 atom stereocenters. The van der Waals surface area contributed by atoms with Crippen molar-refractivity contribution in [2.45, 2.75) is 20.8 Å². The standard InChI is InChI=1S/C17H16O4/c1-11-9-14(10-12(2)16(11)20-13(3)18)17(19)21-15-7-5-4-6-8-15/h4-10H,1-3H3. The van der Waals surface area contributed by atoms with Crippen LogP contribution in [0.15, 0.2) is 42.5 Å². The second kappa shape index (κ2) is 6.22. The third-order valence-corrected chi connectivity index (χ3v) is 2.90. The summed E-state index contributed by atoms with van der Waals surface area (Å²) < 4.78 is 10.4. The van der Waals surface area contributed by atoms with Gasteiger partial charge in [0.05, 0.1) is 5.56 Å². The number of rotatable bonds is 3. The van der Waals surface area contributed by atoms with E-state index in [1.54, 1.807) is 50.2 Å². The van der Waals surface area contributed by atoms with Crippen molar-refractivity contribution in [3.63, 3.8) is 0 Å². The molecule has 0 heterocycles. The topological polar surface area (TPSA) is 52.6 Å². The molecule has 0 saturated heterocycles. The summed E-state index contributed by atoms with van der Waals surface area (Å²) in [5, 5.41) is 0. The molecule has 108 valence electrons. The predicted octanol–water partition coefficient (Wildman–Crippen LogP) is 3.45. The first kappa shape index (κ1) is 14.8. The van der Waals surface area contributed by atoms with Crippen molar-refractivity contribution in [2.24, 2.45) is 0 Å². The first-order valence-electron chi connectivity index (χ1n) is 6.54. The van der Waals surface area contributed by atoms with Gasteiger partial charge in [-0.3, -0.25) is 4.79 Å². The fraction of sp³-hybridized carbons (Fsp3) is 0.176. The summed E-state index contributed by atoms with van der Waals surface area (Å²) >= 11 is 0. The van der Waals surface area contributed by atoms with E-state index < -0.39 is 5.97 Å². The Morgan fingerprint density at radius 3 is 2.00 bits per heavy atom. The fourth-order valence-corrected chi connectivity index (χ4v) is 2.03. The number of aryl methyl sites for hydroxylation is 2. The second-order valence-electron chi connectivity index (χ2n) is 4.74. The van der Waals surface area contributed by atoms with Gasteiger partial charge in [-0.2, -0.15) is 0 Å². The Bertz CT molecular complexity index is 651. The summed E-state index contributed by atoms with van der Waals surface area (Å²) in [5.74, 6) is 0.142. The molecule has 0 aliphatic carbocycles. The Balaban J connectivity index is 2.25. The van der Waals surface area contributed by atoms with Crippen molar-refractivity contribution in [2.75, 3.05) is 0 Å². The molecule has 0 aromatic heterocycles. The van der Waals surface area contributed by atoms with Gasteiger partial charge < -0.3 is 9.47 Å². The van der Waals surface area contributed by atoms with Crippen molar-refractivity contribution in [3.05, 3.63) is 59.2 Å². The highest BCUT2D eigenvalue weighted by Crippen LogP contribution is 2.25. The number of esters is 2. The maximum Gasteiger partial charge on any atom is 0.343 e. The van der Waals surface area contributed by atoms with Crippen molar-refractivity contribution in [1.82, 2.24) is 0 Å². The SMILES string of the molecule is CC(=O)Oc1c(C)cc(C(=O)Oc2ccccc2)cc1C. The summed E-state index contributed by atoms with van der Waals surface area (Å²) in [4.78, 5) is 23.2. The van der Waals surface area contributed by atoms with Gasteiger partial charge in [0, 0.05) is 6.92 Å².